The van der Waals surface area contributed by atoms with E-state index in [-0.39, 0.29) is 5.95 Å². The Labute approximate surface area is 132 Å². The molecule has 6 heteroatoms. The minimum Gasteiger partial charge on any atom is -0.368 e. The quantitative estimate of drug-likeness (QED) is 0.750. The molecule has 4 rings (SSSR count). The third-order valence-corrected chi connectivity index (χ3v) is 4.33. The van der Waals surface area contributed by atoms with Gasteiger partial charge >= 0.3 is 0 Å². The smallest absolute Gasteiger partial charge is 0.220 e. The molecule has 0 radical (unpaired) electrons. The second-order valence-corrected chi connectivity index (χ2v) is 5.78. The molecule has 3 aromatic rings. The third kappa shape index (κ3) is 1.89. The van der Waals surface area contributed by atoms with Crippen LogP contribution in [0.2, 0.25) is 5.02 Å². The first-order chi connectivity index (χ1) is 10.6. The fourth-order valence-corrected chi connectivity index (χ4v) is 3.26. The average molecular weight is 312 g/mol. The minimum atomic E-state index is 0.278. The molecule has 2 aromatic heterocycles. The molecular weight excluding hydrogens is 298 g/mol. The molecule has 0 fully saturated rings. The van der Waals surface area contributed by atoms with E-state index in [4.69, 9.17) is 17.3 Å². The number of aromatic nitrogens is 4. The van der Waals surface area contributed by atoms with Crippen LogP contribution < -0.4 is 5.73 Å². The molecule has 0 aliphatic heterocycles. The van der Waals surface area contributed by atoms with Gasteiger partial charge in [-0.15, -0.1) is 0 Å². The van der Waals surface area contributed by atoms with Gasteiger partial charge < -0.3 is 5.73 Å². The first-order valence-corrected chi connectivity index (χ1v) is 7.45. The van der Waals surface area contributed by atoms with Gasteiger partial charge in [-0.3, -0.25) is 4.68 Å². The number of halogens is 1. The molecule has 0 saturated carbocycles. The Morgan fingerprint density at radius 2 is 2.05 bits per heavy atom. The van der Waals surface area contributed by atoms with Crippen molar-refractivity contribution in [3.05, 3.63) is 46.7 Å². The van der Waals surface area contributed by atoms with Crippen LogP contribution in [0.4, 0.5) is 5.95 Å². The van der Waals surface area contributed by atoms with Crippen molar-refractivity contribution in [2.45, 2.75) is 12.8 Å². The van der Waals surface area contributed by atoms with Crippen molar-refractivity contribution in [2.75, 3.05) is 5.73 Å². The van der Waals surface area contributed by atoms with Crippen molar-refractivity contribution >= 4 is 17.5 Å². The monoisotopic (exact) mass is 311 g/mol. The summed E-state index contributed by atoms with van der Waals surface area (Å²) in [5.74, 6) is 0.278. The van der Waals surface area contributed by atoms with E-state index in [2.05, 4.69) is 15.1 Å². The van der Waals surface area contributed by atoms with Gasteiger partial charge in [-0.25, -0.2) is 9.97 Å². The maximum atomic E-state index is 6.39. The van der Waals surface area contributed by atoms with E-state index in [1.165, 1.54) is 0 Å². The standard InChI is InChI=1S/C16H14ClN5/c1-22-15(10-4-2-3-5-11(10)17)13-12(21-22)7-6-9-8-19-16(18)20-14(9)13/h2-5,8H,6-7H2,1H3,(H2,18,19,20). The van der Waals surface area contributed by atoms with Crippen molar-refractivity contribution in [1.29, 1.82) is 0 Å². The molecule has 1 aliphatic rings. The highest BCUT2D eigenvalue weighted by Crippen LogP contribution is 2.41. The lowest BCUT2D eigenvalue weighted by atomic mass is 9.91. The van der Waals surface area contributed by atoms with Gasteiger partial charge in [0.2, 0.25) is 5.95 Å². The van der Waals surface area contributed by atoms with Crippen LogP contribution in [-0.4, -0.2) is 19.7 Å². The summed E-state index contributed by atoms with van der Waals surface area (Å²) in [6.45, 7) is 0. The summed E-state index contributed by atoms with van der Waals surface area (Å²) < 4.78 is 1.87. The third-order valence-electron chi connectivity index (χ3n) is 4.00. The highest BCUT2D eigenvalue weighted by atomic mass is 35.5. The molecule has 5 nitrogen and oxygen atoms in total. The zero-order valence-corrected chi connectivity index (χ0v) is 12.8. The van der Waals surface area contributed by atoms with E-state index < -0.39 is 0 Å². The highest BCUT2D eigenvalue weighted by Gasteiger charge is 2.27. The lowest BCUT2D eigenvalue weighted by molar-refractivity contribution is 0.741. The predicted molar refractivity (Wildman–Crippen MR) is 86.5 cm³/mol. The summed E-state index contributed by atoms with van der Waals surface area (Å²) in [5.41, 5.74) is 11.7. The van der Waals surface area contributed by atoms with Gasteiger partial charge in [0, 0.05) is 29.4 Å². The topological polar surface area (TPSA) is 69.6 Å². The zero-order valence-electron chi connectivity index (χ0n) is 12.0. The van der Waals surface area contributed by atoms with Gasteiger partial charge in [0.25, 0.3) is 0 Å². The van der Waals surface area contributed by atoms with E-state index in [0.29, 0.717) is 5.02 Å². The molecule has 1 aromatic carbocycles. The maximum absolute atomic E-state index is 6.39. The van der Waals surface area contributed by atoms with Crippen LogP contribution in [0.3, 0.4) is 0 Å². The maximum Gasteiger partial charge on any atom is 0.220 e. The van der Waals surface area contributed by atoms with Gasteiger partial charge in [-0.1, -0.05) is 29.8 Å². The molecule has 2 N–H and O–H groups in total. The van der Waals surface area contributed by atoms with Crippen molar-refractivity contribution < 1.29 is 0 Å². The van der Waals surface area contributed by atoms with Gasteiger partial charge in [-0.2, -0.15) is 5.10 Å². The lowest BCUT2D eigenvalue weighted by Gasteiger charge is -2.16. The Hall–Kier alpha value is -2.40. The predicted octanol–water partition coefficient (Wildman–Crippen LogP) is 2.88. The van der Waals surface area contributed by atoms with Crippen molar-refractivity contribution in [3.63, 3.8) is 0 Å². The normalized spacial score (nSPS) is 12.8. The molecule has 0 unspecified atom stereocenters. The first kappa shape index (κ1) is 13.3. The first-order valence-electron chi connectivity index (χ1n) is 7.07. The number of nitrogens with zero attached hydrogens (tertiary/aromatic N) is 4. The summed E-state index contributed by atoms with van der Waals surface area (Å²) >= 11 is 6.39. The molecule has 0 atom stereocenters. The molecular formula is C16H14ClN5. The molecule has 1 aliphatic carbocycles. The molecule has 2 heterocycles. The Morgan fingerprint density at radius 1 is 1.23 bits per heavy atom. The molecule has 0 spiro atoms. The number of hydrogen-bond donors (Lipinski definition) is 1. The summed E-state index contributed by atoms with van der Waals surface area (Å²) in [4.78, 5) is 8.56. The fraction of sp³-hybridized carbons (Fsp3) is 0.188. The van der Waals surface area contributed by atoms with Crippen LogP contribution >= 0.6 is 11.6 Å². The average Bonchev–Trinajstić information content (AvgIpc) is 2.84. The zero-order chi connectivity index (χ0) is 15.3. The number of anilines is 1. The Bertz CT molecular complexity index is 884. The van der Waals surface area contributed by atoms with E-state index in [0.717, 1.165) is 46.6 Å². The number of rotatable bonds is 1. The van der Waals surface area contributed by atoms with Gasteiger partial charge in [0.1, 0.15) is 0 Å². The van der Waals surface area contributed by atoms with Crippen LogP contribution in [0, 0.1) is 0 Å². The van der Waals surface area contributed by atoms with Crippen LogP contribution in [-0.2, 0) is 19.9 Å². The van der Waals surface area contributed by atoms with Crippen LogP contribution in [0.5, 0.6) is 0 Å². The number of hydrogen-bond acceptors (Lipinski definition) is 4. The molecule has 0 saturated heterocycles. The molecule has 0 amide bonds. The summed E-state index contributed by atoms with van der Waals surface area (Å²) in [6.07, 6.45) is 3.56. The molecule has 0 bridgehead atoms. The Kier molecular flexibility index (Phi) is 2.90. The highest BCUT2D eigenvalue weighted by molar-refractivity contribution is 6.33. The summed E-state index contributed by atoms with van der Waals surface area (Å²) in [6, 6.07) is 7.77. The van der Waals surface area contributed by atoms with E-state index in [1.54, 1.807) is 0 Å². The van der Waals surface area contributed by atoms with Crippen LogP contribution in [0.25, 0.3) is 22.5 Å². The SMILES string of the molecule is Cn1nc2c(c1-c1ccccc1Cl)-c1nc(N)ncc1CC2. The Balaban J connectivity index is 2.04. The summed E-state index contributed by atoms with van der Waals surface area (Å²) in [5, 5.41) is 5.35. The van der Waals surface area contributed by atoms with Gasteiger partial charge in [-0.05, 0) is 24.5 Å². The Morgan fingerprint density at radius 3 is 2.86 bits per heavy atom. The largest absolute Gasteiger partial charge is 0.368 e. The number of benzene rings is 1. The van der Waals surface area contributed by atoms with Gasteiger partial charge in [0.15, 0.2) is 0 Å². The summed E-state index contributed by atoms with van der Waals surface area (Å²) in [7, 11) is 1.93. The van der Waals surface area contributed by atoms with Crippen LogP contribution in [0.1, 0.15) is 11.3 Å². The second kappa shape index (κ2) is 4.81. The molecule has 22 heavy (non-hydrogen) atoms. The molecule has 110 valence electrons. The van der Waals surface area contributed by atoms with E-state index in [9.17, 15) is 0 Å². The van der Waals surface area contributed by atoms with Crippen LogP contribution in [0.15, 0.2) is 30.5 Å². The fourth-order valence-electron chi connectivity index (χ4n) is 3.04. The number of nitrogen functional groups attached to an aromatic ring is 1. The minimum absolute atomic E-state index is 0.278. The number of aryl methyl sites for hydroxylation is 3. The van der Waals surface area contributed by atoms with Crippen molar-refractivity contribution in [1.82, 2.24) is 19.7 Å². The van der Waals surface area contributed by atoms with Gasteiger partial charge in [0.05, 0.1) is 17.1 Å². The van der Waals surface area contributed by atoms with E-state index >= 15 is 0 Å². The van der Waals surface area contributed by atoms with Crippen molar-refractivity contribution in [2.24, 2.45) is 7.05 Å². The second-order valence-electron chi connectivity index (χ2n) is 5.38. The number of nitrogens with two attached hydrogens (primary N) is 1. The lowest BCUT2D eigenvalue weighted by Crippen LogP contribution is -2.08. The van der Waals surface area contributed by atoms with Crippen molar-refractivity contribution in [3.8, 4) is 22.5 Å². The van der Waals surface area contributed by atoms with E-state index in [1.807, 2.05) is 42.2 Å². The number of fused-ring (bicyclic) bond motifs is 3.